The maximum Gasteiger partial charge on any atom is 0.407 e. The van der Waals surface area contributed by atoms with Crippen LogP contribution in [0.5, 0.6) is 0 Å². The normalized spacial score (nSPS) is 10.5. The lowest BCUT2D eigenvalue weighted by Crippen LogP contribution is -2.32. The van der Waals surface area contributed by atoms with E-state index in [0.29, 0.717) is 24.3 Å². The molecular formula is C13H20N4O2. The number of nitrogens with zero attached hydrogens (tertiary/aromatic N) is 2. The molecule has 3 N–H and O–H groups in total. The van der Waals surface area contributed by atoms with Gasteiger partial charge in [0.25, 0.3) is 0 Å². The van der Waals surface area contributed by atoms with E-state index < -0.39 is 11.7 Å². The van der Waals surface area contributed by atoms with Gasteiger partial charge in [-0.25, -0.2) is 4.79 Å². The van der Waals surface area contributed by atoms with Crippen LogP contribution in [0, 0.1) is 11.8 Å². The van der Waals surface area contributed by atoms with Crippen molar-refractivity contribution in [1.29, 1.82) is 0 Å². The van der Waals surface area contributed by atoms with Crippen molar-refractivity contribution in [3.63, 3.8) is 0 Å². The first kappa shape index (κ1) is 14.9. The number of nitrogens with one attached hydrogen (secondary N) is 1. The van der Waals surface area contributed by atoms with Gasteiger partial charge in [-0.3, -0.25) is 4.68 Å². The predicted molar refractivity (Wildman–Crippen MR) is 73.4 cm³/mol. The van der Waals surface area contributed by atoms with Crippen LogP contribution < -0.4 is 11.1 Å². The maximum absolute atomic E-state index is 11.3. The predicted octanol–water partition coefficient (Wildman–Crippen LogP) is 1.27. The first-order chi connectivity index (χ1) is 8.79. The summed E-state index contributed by atoms with van der Waals surface area (Å²) in [6, 6.07) is 0. The zero-order valence-corrected chi connectivity index (χ0v) is 11.8. The van der Waals surface area contributed by atoms with Gasteiger partial charge >= 0.3 is 6.09 Å². The number of amides is 1. The van der Waals surface area contributed by atoms with Crippen molar-refractivity contribution in [2.24, 2.45) is 7.05 Å². The zero-order valence-electron chi connectivity index (χ0n) is 11.8. The van der Waals surface area contributed by atoms with Crippen molar-refractivity contribution >= 4 is 11.9 Å². The molecule has 1 amide bonds. The van der Waals surface area contributed by atoms with E-state index in [1.165, 1.54) is 0 Å². The molecule has 0 aliphatic carbocycles. The molecule has 0 saturated heterocycles. The second-order valence-corrected chi connectivity index (χ2v) is 5.05. The summed E-state index contributed by atoms with van der Waals surface area (Å²) in [4.78, 5) is 11.3. The van der Waals surface area contributed by atoms with Crippen LogP contribution in [0.25, 0.3) is 0 Å². The molecule has 0 aliphatic heterocycles. The van der Waals surface area contributed by atoms with Gasteiger partial charge in [-0.1, -0.05) is 11.8 Å². The molecule has 1 heterocycles. The summed E-state index contributed by atoms with van der Waals surface area (Å²) in [6.07, 6.45) is 1.70. The molecule has 1 aromatic rings. The third-order valence-corrected chi connectivity index (χ3v) is 2.13. The molecule has 0 saturated carbocycles. The molecule has 1 aromatic heterocycles. The minimum absolute atomic E-state index is 0.433. The molecule has 6 nitrogen and oxygen atoms in total. The van der Waals surface area contributed by atoms with Crippen molar-refractivity contribution < 1.29 is 9.53 Å². The molecule has 0 unspecified atom stereocenters. The Morgan fingerprint density at radius 2 is 2.26 bits per heavy atom. The van der Waals surface area contributed by atoms with Gasteiger partial charge in [0, 0.05) is 20.0 Å². The molecule has 0 aromatic carbocycles. The van der Waals surface area contributed by atoms with E-state index in [4.69, 9.17) is 10.5 Å². The summed E-state index contributed by atoms with van der Waals surface area (Å²) < 4.78 is 6.65. The van der Waals surface area contributed by atoms with Gasteiger partial charge in [0.1, 0.15) is 11.4 Å². The average Bonchev–Trinajstić information content (AvgIpc) is 2.58. The Hall–Kier alpha value is -2.16. The highest BCUT2D eigenvalue weighted by atomic mass is 16.6. The van der Waals surface area contributed by atoms with Gasteiger partial charge in [-0.2, -0.15) is 5.10 Å². The Morgan fingerprint density at radius 3 is 2.79 bits per heavy atom. The number of rotatable bonds is 2. The number of nitrogens with two attached hydrogens (primary N) is 1. The van der Waals surface area contributed by atoms with Gasteiger partial charge < -0.3 is 15.8 Å². The molecule has 6 heteroatoms. The van der Waals surface area contributed by atoms with E-state index in [0.717, 1.165) is 0 Å². The van der Waals surface area contributed by atoms with Crippen LogP contribution in [0.3, 0.4) is 0 Å². The number of hydrogen-bond donors (Lipinski definition) is 2. The molecule has 19 heavy (non-hydrogen) atoms. The maximum atomic E-state index is 11.3. The molecule has 0 radical (unpaired) electrons. The monoisotopic (exact) mass is 264 g/mol. The molecule has 0 aliphatic rings. The van der Waals surface area contributed by atoms with Crippen LogP contribution in [-0.2, 0) is 11.8 Å². The van der Waals surface area contributed by atoms with Crippen LogP contribution in [-0.4, -0.2) is 28.0 Å². The summed E-state index contributed by atoms with van der Waals surface area (Å²) >= 11 is 0. The van der Waals surface area contributed by atoms with Crippen LogP contribution in [0.15, 0.2) is 6.20 Å². The Bertz CT molecular complexity index is 503. The molecule has 1 rings (SSSR count). The van der Waals surface area contributed by atoms with E-state index in [1.54, 1.807) is 17.9 Å². The quantitative estimate of drug-likeness (QED) is 0.622. The highest BCUT2D eigenvalue weighted by molar-refractivity contribution is 5.67. The lowest BCUT2D eigenvalue weighted by Gasteiger charge is -2.19. The number of ether oxygens (including phenoxy) is 1. The second-order valence-electron chi connectivity index (χ2n) is 5.05. The topological polar surface area (TPSA) is 82.2 Å². The van der Waals surface area contributed by atoms with Gasteiger partial charge in [-0.05, 0) is 20.8 Å². The lowest BCUT2D eigenvalue weighted by molar-refractivity contribution is 0.0529. The Balaban J connectivity index is 2.32. The Labute approximate surface area is 113 Å². The Morgan fingerprint density at radius 1 is 1.58 bits per heavy atom. The smallest absolute Gasteiger partial charge is 0.407 e. The number of nitrogen functional groups attached to an aromatic ring is 1. The minimum Gasteiger partial charge on any atom is -0.444 e. The number of carbonyl (C=O) groups excluding carboxylic acids is 1. The standard InChI is InChI=1S/C13H20N4O2/c1-13(2,3)19-12(18)15-8-6-5-7-10-9-16-17(4)11(10)14/h9H,6,8,14H2,1-4H3,(H,15,18). The van der Waals surface area contributed by atoms with E-state index >= 15 is 0 Å². The van der Waals surface area contributed by atoms with Crippen molar-refractivity contribution in [2.45, 2.75) is 32.8 Å². The molecule has 0 fully saturated rings. The average molecular weight is 264 g/mol. The van der Waals surface area contributed by atoms with Crippen LogP contribution >= 0.6 is 0 Å². The van der Waals surface area contributed by atoms with E-state index in [1.807, 2.05) is 20.8 Å². The summed E-state index contributed by atoms with van der Waals surface area (Å²) in [5.41, 5.74) is 5.95. The highest BCUT2D eigenvalue weighted by Gasteiger charge is 2.15. The zero-order chi connectivity index (χ0) is 14.5. The summed E-state index contributed by atoms with van der Waals surface area (Å²) in [7, 11) is 1.75. The second kappa shape index (κ2) is 6.14. The molecule has 0 bridgehead atoms. The fourth-order valence-electron chi connectivity index (χ4n) is 1.24. The van der Waals surface area contributed by atoms with Gasteiger partial charge in [0.2, 0.25) is 0 Å². The number of anilines is 1. The number of carbonyl (C=O) groups is 1. The van der Waals surface area contributed by atoms with E-state index in [2.05, 4.69) is 22.3 Å². The molecule has 104 valence electrons. The highest BCUT2D eigenvalue weighted by Crippen LogP contribution is 2.07. The van der Waals surface area contributed by atoms with E-state index in [-0.39, 0.29) is 0 Å². The van der Waals surface area contributed by atoms with Crippen molar-refractivity contribution in [1.82, 2.24) is 15.1 Å². The SMILES string of the molecule is Cn1ncc(C#CCCNC(=O)OC(C)(C)C)c1N. The van der Waals surface area contributed by atoms with Crippen LogP contribution in [0.1, 0.15) is 32.8 Å². The van der Waals surface area contributed by atoms with Crippen molar-refractivity contribution in [3.05, 3.63) is 11.8 Å². The fraction of sp³-hybridized carbons (Fsp3) is 0.538. The number of aromatic nitrogens is 2. The summed E-state index contributed by atoms with van der Waals surface area (Å²) in [6.45, 7) is 5.88. The first-order valence-corrected chi connectivity index (χ1v) is 6.03. The van der Waals surface area contributed by atoms with Crippen molar-refractivity contribution in [3.8, 4) is 11.8 Å². The van der Waals surface area contributed by atoms with E-state index in [9.17, 15) is 4.79 Å². The molecule has 0 atom stereocenters. The third-order valence-electron chi connectivity index (χ3n) is 2.13. The van der Waals surface area contributed by atoms with Gasteiger partial charge in [0.05, 0.1) is 11.8 Å². The fourth-order valence-corrected chi connectivity index (χ4v) is 1.24. The summed E-state index contributed by atoms with van der Waals surface area (Å²) in [5.74, 6) is 6.36. The third kappa shape index (κ3) is 5.34. The number of alkyl carbamates (subject to hydrolysis) is 1. The lowest BCUT2D eigenvalue weighted by atomic mass is 10.2. The first-order valence-electron chi connectivity index (χ1n) is 6.03. The summed E-state index contributed by atoms with van der Waals surface area (Å²) in [5, 5.41) is 6.61. The van der Waals surface area contributed by atoms with Crippen LogP contribution in [0.4, 0.5) is 10.6 Å². The number of aryl methyl sites for hydroxylation is 1. The minimum atomic E-state index is -0.486. The Kier molecular flexibility index (Phi) is 4.81. The van der Waals surface area contributed by atoms with Crippen LogP contribution in [0.2, 0.25) is 0 Å². The largest absolute Gasteiger partial charge is 0.444 e. The van der Waals surface area contributed by atoms with Crippen molar-refractivity contribution in [2.75, 3.05) is 12.3 Å². The van der Waals surface area contributed by atoms with Gasteiger partial charge in [0.15, 0.2) is 0 Å². The molecular weight excluding hydrogens is 244 g/mol. The number of hydrogen-bond acceptors (Lipinski definition) is 4. The van der Waals surface area contributed by atoms with Gasteiger partial charge in [-0.15, -0.1) is 0 Å². The molecule has 0 spiro atoms.